The van der Waals surface area contributed by atoms with Gasteiger partial charge in [-0.05, 0) is 37.1 Å². The fourth-order valence-corrected chi connectivity index (χ4v) is 3.72. The van der Waals surface area contributed by atoms with Crippen LogP contribution >= 0.6 is 23.2 Å². The minimum absolute atomic E-state index is 0.246. The van der Waals surface area contributed by atoms with Crippen LogP contribution in [0.15, 0.2) is 29.1 Å². The normalized spacial score (nSPS) is 12.8. The number of quaternary nitrogens is 1. The number of aryl methyl sites for hydroxylation is 2. The minimum Gasteiger partial charge on any atom is -0.595 e. The Kier molecular flexibility index (Phi) is 7.34. The van der Waals surface area contributed by atoms with Crippen LogP contribution in [0.4, 0.5) is 11.4 Å². The number of rotatable bonds is 6. The molecule has 1 amide bonds. The molecule has 2 atom stereocenters. The lowest BCUT2D eigenvalue weighted by atomic mass is 9.99. The molecule has 0 aliphatic rings. The number of H-pyrrole nitrogens is 1. The zero-order valence-corrected chi connectivity index (χ0v) is 19.5. The number of anilines is 1. The molecular weight excluding hydrogens is 491 g/mol. The Morgan fingerprint density at radius 1 is 1.15 bits per heavy atom. The number of esters is 1. The van der Waals surface area contributed by atoms with Gasteiger partial charge in [0.2, 0.25) is 5.78 Å². The number of fused-ring (bicyclic) bond motifs is 1. The highest BCUT2D eigenvalue weighted by atomic mass is 35.5. The highest BCUT2D eigenvalue weighted by Crippen LogP contribution is 2.33. The number of halogens is 2. The zero-order chi connectivity index (χ0) is 25.3. The summed E-state index contributed by atoms with van der Waals surface area (Å²) in [6, 6.07) is 5.39. The zero-order valence-electron chi connectivity index (χ0n) is 18.0. The van der Waals surface area contributed by atoms with Crippen molar-refractivity contribution in [1.29, 1.82) is 0 Å². The predicted octanol–water partition coefficient (Wildman–Crippen LogP) is 1.71. The third kappa shape index (κ3) is 4.93. The first-order chi connectivity index (χ1) is 15.9. The molecule has 3 aromatic rings. The standard InChI is InChI=1S/C21H18Cl2N4O7/c1-8-4-13-14(5-9(8)2)25-19(29)17(24-13)15(21(31)34-3)18(28)20(30)26-16-11(22)6-10(27(32)33)7-12(16)23/h4-7,15,27,32H,1-3H3,(H,25,29)(H,26,30). The number of hydrogen-bond acceptors (Lipinski definition) is 8. The summed E-state index contributed by atoms with van der Waals surface area (Å²) in [5.41, 5.74) is 0.553. The molecule has 0 aliphatic carbocycles. The average Bonchev–Trinajstić information content (AvgIpc) is 2.77. The number of methoxy groups -OCH3 is 1. The second kappa shape index (κ2) is 9.87. The first-order valence-corrected chi connectivity index (χ1v) is 10.4. The number of Topliss-reactive ketones (excluding diaryl/α,β-unsaturated/α-hetero) is 1. The van der Waals surface area contributed by atoms with E-state index >= 15 is 0 Å². The van der Waals surface area contributed by atoms with Crippen LogP contribution < -0.4 is 16.1 Å². The highest BCUT2D eigenvalue weighted by molar-refractivity contribution is 6.48. The van der Waals surface area contributed by atoms with E-state index < -0.39 is 40.1 Å². The number of carbonyl (C=O) groups is 3. The summed E-state index contributed by atoms with van der Waals surface area (Å²) in [5.74, 6) is -5.86. The van der Waals surface area contributed by atoms with Crippen LogP contribution in [-0.4, -0.2) is 39.9 Å². The van der Waals surface area contributed by atoms with E-state index in [-0.39, 0.29) is 21.4 Å². The smallest absolute Gasteiger partial charge is 0.323 e. The molecule has 0 saturated heterocycles. The van der Waals surface area contributed by atoms with Crippen molar-refractivity contribution in [3.05, 3.63) is 66.7 Å². The quantitative estimate of drug-likeness (QED) is 0.169. The van der Waals surface area contributed by atoms with Gasteiger partial charge in [0.25, 0.3) is 11.5 Å². The summed E-state index contributed by atoms with van der Waals surface area (Å²) < 4.78 is 4.64. The maximum Gasteiger partial charge on any atom is 0.323 e. The van der Waals surface area contributed by atoms with Gasteiger partial charge in [-0.15, -0.1) is 0 Å². The van der Waals surface area contributed by atoms with E-state index in [1.807, 2.05) is 13.8 Å². The van der Waals surface area contributed by atoms with Gasteiger partial charge in [0.15, 0.2) is 11.6 Å². The molecule has 34 heavy (non-hydrogen) atoms. The van der Waals surface area contributed by atoms with E-state index in [0.717, 1.165) is 30.4 Å². The molecule has 4 N–H and O–H groups in total. The van der Waals surface area contributed by atoms with E-state index in [1.165, 1.54) is 0 Å². The SMILES string of the molecule is COC(=O)C(C(=O)C(=O)Nc1c(Cl)cc([NH+]([O-])O)cc1Cl)c1nc2cc(C)c(C)cc2[nH]c1=O. The summed E-state index contributed by atoms with van der Waals surface area (Å²) in [7, 11) is 0.988. The van der Waals surface area contributed by atoms with Crippen molar-refractivity contribution in [3.63, 3.8) is 0 Å². The number of benzene rings is 2. The number of aromatic nitrogens is 2. The molecule has 3 rings (SSSR count). The Morgan fingerprint density at radius 3 is 2.29 bits per heavy atom. The summed E-state index contributed by atoms with van der Waals surface area (Å²) in [4.78, 5) is 57.5. The molecular formula is C21H18Cl2N4O7. The summed E-state index contributed by atoms with van der Waals surface area (Å²) in [6.07, 6.45) is 0. The van der Waals surface area contributed by atoms with Gasteiger partial charge < -0.3 is 20.2 Å². The molecule has 1 heterocycles. The lowest BCUT2D eigenvalue weighted by Crippen LogP contribution is -2.99. The minimum atomic E-state index is -1.98. The maximum absolute atomic E-state index is 13.0. The summed E-state index contributed by atoms with van der Waals surface area (Å²) in [5, 5.41) is 20.5. The molecule has 2 aromatic carbocycles. The van der Waals surface area contributed by atoms with Gasteiger partial charge in [0.05, 0.1) is 33.9 Å². The fourth-order valence-electron chi connectivity index (χ4n) is 3.14. The van der Waals surface area contributed by atoms with E-state index in [0.29, 0.717) is 11.0 Å². The molecule has 178 valence electrons. The van der Waals surface area contributed by atoms with Crippen LogP contribution in [-0.2, 0) is 19.1 Å². The van der Waals surface area contributed by atoms with E-state index in [1.54, 1.807) is 12.1 Å². The number of hydrogen-bond donors (Lipinski definition) is 4. The van der Waals surface area contributed by atoms with E-state index in [2.05, 4.69) is 20.0 Å². The van der Waals surface area contributed by atoms with Crippen molar-refractivity contribution < 1.29 is 29.6 Å². The van der Waals surface area contributed by atoms with Crippen molar-refractivity contribution in [2.75, 3.05) is 12.4 Å². The van der Waals surface area contributed by atoms with Crippen LogP contribution in [0, 0.1) is 19.1 Å². The van der Waals surface area contributed by atoms with Gasteiger partial charge in [0, 0.05) is 12.1 Å². The molecule has 0 fully saturated rings. The number of ether oxygens (including phenoxy) is 1. The van der Waals surface area contributed by atoms with Crippen LogP contribution in [0.3, 0.4) is 0 Å². The number of nitrogens with one attached hydrogen (secondary N) is 3. The lowest BCUT2D eigenvalue weighted by molar-refractivity contribution is -0.991. The van der Waals surface area contributed by atoms with Gasteiger partial charge in [-0.25, -0.2) is 10.2 Å². The predicted molar refractivity (Wildman–Crippen MR) is 122 cm³/mol. The van der Waals surface area contributed by atoms with E-state index in [4.69, 9.17) is 28.4 Å². The van der Waals surface area contributed by atoms with Gasteiger partial charge >= 0.3 is 5.97 Å². The van der Waals surface area contributed by atoms with Gasteiger partial charge in [-0.1, -0.05) is 23.2 Å². The first kappa shape index (κ1) is 25.3. The molecule has 0 saturated carbocycles. The fraction of sp³-hybridized carbons (Fsp3) is 0.190. The highest BCUT2D eigenvalue weighted by Gasteiger charge is 2.38. The van der Waals surface area contributed by atoms with E-state index in [9.17, 15) is 24.4 Å². The molecule has 13 heteroatoms. The topological polar surface area (TPSA) is 166 Å². The second-order valence-electron chi connectivity index (χ2n) is 7.30. The molecule has 2 unspecified atom stereocenters. The van der Waals surface area contributed by atoms with Crippen molar-refractivity contribution in [2.45, 2.75) is 19.8 Å². The van der Waals surface area contributed by atoms with Crippen molar-refractivity contribution in [3.8, 4) is 0 Å². The Balaban J connectivity index is 2.03. The molecule has 0 bridgehead atoms. The summed E-state index contributed by atoms with van der Waals surface area (Å²) in [6.45, 7) is 3.66. The van der Waals surface area contributed by atoms with Crippen LogP contribution in [0.5, 0.6) is 0 Å². The van der Waals surface area contributed by atoms with Crippen LogP contribution in [0.25, 0.3) is 11.0 Å². The number of carbonyl (C=O) groups excluding carboxylic acids is 3. The number of ketones is 1. The number of nitrogens with zero attached hydrogens (tertiary/aromatic N) is 1. The van der Waals surface area contributed by atoms with Gasteiger partial charge in [0.1, 0.15) is 5.69 Å². The molecule has 1 aromatic heterocycles. The lowest BCUT2D eigenvalue weighted by Gasteiger charge is -2.16. The monoisotopic (exact) mass is 508 g/mol. The van der Waals surface area contributed by atoms with Crippen molar-refractivity contribution in [2.24, 2.45) is 0 Å². The van der Waals surface area contributed by atoms with Crippen molar-refractivity contribution >= 4 is 63.3 Å². The maximum atomic E-state index is 13.0. The third-order valence-corrected chi connectivity index (χ3v) is 5.65. The number of amides is 1. The molecule has 0 radical (unpaired) electrons. The average molecular weight is 509 g/mol. The van der Waals surface area contributed by atoms with Gasteiger partial charge in [-0.3, -0.25) is 19.2 Å². The Bertz CT molecular complexity index is 1360. The van der Waals surface area contributed by atoms with Crippen LogP contribution in [0.2, 0.25) is 10.0 Å². The molecule has 11 nitrogen and oxygen atoms in total. The Morgan fingerprint density at radius 2 is 1.74 bits per heavy atom. The Hall–Kier alpha value is -3.35. The van der Waals surface area contributed by atoms with Crippen LogP contribution in [0.1, 0.15) is 22.7 Å². The molecule has 0 spiro atoms. The largest absolute Gasteiger partial charge is 0.595 e. The Labute approximate surface area is 201 Å². The summed E-state index contributed by atoms with van der Waals surface area (Å²) >= 11 is 12.0. The second-order valence-corrected chi connectivity index (χ2v) is 8.11. The first-order valence-electron chi connectivity index (χ1n) is 9.61. The van der Waals surface area contributed by atoms with Crippen molar-refractivity contribution in [1.82, 2.24) is 9.97 Å². The molecule has 0 aliphatic heterocycles. The van der Waals surface area contributed by atoms with Gasteiger partial charge in [-0.2, -0.15) is 5.23 Å². The number of aromatic amines is 1. The third-order valence-electron chi connectivity index (χ3n) is 5.06.